The highest BCUT2D eigenvalue weighted by Gasteiger charge is 2.33. The molecular formula is C29H27N9O. The van der Waals surface area contributed by atoms with Crippen molar-refractivity contribution in [2.24, 2.45) is 0 Å². The third-order valence-electron chi connectivity index (χ3n) is 7.58. The molecule has 10 heteroatoms. The second-order valence-electron chi connectivity index (χ2n) is 9.96. The van der Waals surface area contributed by atoms with Crippen LogP contribution in [0.15, 0.2) is 79.8 Å². The molecule has 1 amide bonds. The lowest BCUT2D eigenvalue weighted by Crippen LogP contribution is -2.59. The van der Waals surface area contributed by atoms with Crippen molar-refractivity contribution in [3.8, 4) is 22.9 Å². The lowest BCUT2D eigenvalue weighted by atomic mass is 10.0. The van der Waals surface area contributed by atoms with Gasteiger partial charge in [-0.3, -0.25) is 9.36 Å². The summed E-state index contributed by atoms with van der Waals surface area (Å²) in [5, 5.41) is 8.08. The Morgan fingerprint density at radius 3 is 2.79 bits per heavy atom. The number of nitrogens with one attached hydrogen (secondary N) is 1. The van der Waals surface area contributed by atoms with Gasteiger partial charge in [-0.25, -0.2) is 19.6 Å². The Morgan fingerprint density at radius 2 is 2.00 bits per heavy atom. The van der Waals surface area contributed by atoms with Crippen LogP contribution in [0.25, 0.3) is 34.1 Å². The van der Waals surface area contributed by atoms with Crippen LogP contribution in [0, 0.1) is 0 Å². The highest BCUT2D eigenvalue weighted by Crippen LogP contribution is 2.36. The van der Waals surface area contributed by atoms with E-state index in [0.717, 1.165) is 48.3 Å². The summed E-state index contributed by atoms with van der Waals surface area (Å²) in [5.41, 5.74) is 12.1. The Hall–Kier alpha value is -4.83. The van der Waals surface area contributed by atoms with Crippen molar-refractivity contribution in [3.05, 3.63) is 90.9 Å². The number of amides is 1. The molecular weight excluding hydrogens is 490 g/mol. The molecule has 39 heavy (non-hydrogen) atoms. The minimum atomic E-state index is -0.00791. The Bertz CT molecular complexity index is 1720. The summed E-state index contributed by atoms with van der Waals surface area (Å²) in [4.78, 5) is 27.8. The predicted molar refractivity (Wildman–Crippen MR) is 148 cm³/mol. The van der Waals surface area contributed by atoms with Crippen molar-refractivity contribution >= 4 is 22.9 Å². The molecule has 3 N–H and O–H groups in total. The summed E-state index contributed by atoms with van der Waals surface area (Å²) >= 11 is 0. The molecule has 0 spiro atoms. The number of carbonyl (C=O) groups excluding carboxylic acids is 1. The van der Waals surface area contributed by atoms with Gasteiger partial charge in [-0.1, -0.05) is 12.6 Å². The van der Waals surface area contributed by atoms with Gasteiger partial charge in [-0.05, 0) is 72.5 Å². The first-order chi connectivity index (χ1) is 19.1. The van der Waals surface area contributed by atoms with Crippen molar-refractivity contribution in [2.45, 2.75) is 24.9 Å². The number of nitrogens with two attached hydrogens (primary N) is 1. The zero-order chi connectivity index (χ0) is 26.5. The molecule has 5 heterocycles. The summed E-state index contributed by atoms with van der Waals surface area (Å²) in [7, 11) is 0. The molecule has 10 nitrogen and oxygen atoms in total. The van der Waals surface area contributed by atoms with Gasteiger partial charge in [-0.2, -0.15) is 5.10 Å². The lowest BCUT2D eigenvalue weighted by molar-refractivity contribution is -0.130. The first kappa shape index (κ1) is 23.3. The number of carbonyl (C=O) groups is 1. The van der Waals surface area contributed by atoms with Crippen LogP contribution in [-0.2, 0) is 11.2 Å². The topological polar surface area (TPSA) is 120 Å². The normalized spacial score (nSPS) is 16.8. The smallest absolute Gasteiger partial charge is 0.246 e. The van der Waals surface area contributed by atoms with Crippen LogP contribution in [-0.4, -0.2) is 59.2 Å². The Kier molecular flexibility index (Phi) is 5.48. The second-order valence-corrected chi connectivity index (χ2v) is 9.96. The Balaban J connectivity index is 1.27. The number of hydrogen-bond donors (Lipinski definition) is 2. The van der Waals surface area contributed by atoms with Crippen molar-refractivity contribution < 1.29 is 4.79 Å². The molecule has 7 rings (SSSR count). The molecule has 1 atom stereocenters. The highest BCUT2D eigenvalue weighted by atomic mass is 16.2. The number of benzene rings is 1. The third kappa shape index (κ3) is 3.96. The fourth-order valence-corrected chi connectivity index (χ4v) is 5.60. The van der Waals surface area contributed by atoms with Crippen molar-refractivity contribution in [2.75, 3.05) is 18.8 Å². The number of likely N-dealkylation sites (tertiary alicyclic amines) is 1. The number of rotatable bonds is 6. The van der Waals surface area contributed by atoms with E-state index >= 15 is 0 Å². The first-order valence-electron chi connectivity index (χ1n) is 13.0. The van der Waals surface area contributed by atoms with Crippen LogP contribution in [0.2, 0.25) is 0 Å². The predicted octanol–water partition coefficient (Wildman–Crippen LogP) is 3.22. The van der Waals surface area contributed by atoms with E-state index in [1.165, 1.54) is 17.2 Å². The fourth-order valence-electron chi connectivity index (χ4n) is 5.60. The molecule has 2 aliphatic rings. The number of nitrogen functional groups attached to an aromatic ring is 1. The van der Waals surface area contributed by atoms with Crippen molar-refractivity contribution in [1.82, 2.24) is 39.5 Å². The van der Waals surface area contributed by atoms with E-state index in [4.69, 9.17) is 15.7 Å². The van der Waals surface area contributed by atoms with Crippen LogP contribution >= 0.6 is 0 Å². The molecule has 1 aromatic carbocycles. The zero-order valence-corrected chi connectivity index (χ0v) is 21.2. The van der Waals surface area contributed by atoms with Gasteiger partial charge in [0.2, 0.25) is 5.91 Å². The fraction of sp³-hybridized carbons (Fsp3) is 0.207. The van der Waals surface area contributed by atoms with Crippen LogP contribution in [0.1, 0.15) is 23.6 Å². The van der Waals surface area contributed by atoms with Crippen LogP contribution in [0.4, 0.5) is 5.82 Å². The van der Waals surface area contributed by atoms with E-state index in [2.05, 4.69) is 44.7 Å². The molecule has 194 valence electrons. The molecule has 1 saturated heterocycles. The summed E-state index contributed by atoms with van der Waals surface area (Å²) in [5.74, 6) is 1.80. The maximum atomic E-state index is 11.8. The van der Waals surface area contributed by atoms with E-state index in [1.807, 2.05) is 41.4 Å². The van der Waals surface area contributed by atoms with E-state index in [9.17, 15) is 4.79 Å². The Morgan fingerprint density at radius 1 is 1.10 bits per heavy atom. The largest absolute Gasteiger partial charge is 0.383 e. The number of imidazole rings is 1. The summed E-state index contributed by atoms with van der Waals surface area (Å²) in [6.07, 6.45) is 8.63. The number of nitrogens with zero attached hydrogens (tertiary/aromatic N) is 7. The molecule has 0 radical (unpaired) electrons. The van der Waals surface area contributed by atoms with Gasteiger partial charge in [-0.15, -0.1) is 0 Å². The van der Waals surface area contributed by atoms with Gasteiger partial charge >= 0.3 is 0 Å². The minimum Gasteiger partial charge on any atom is -0.383 e. The number of hydrogen-bond acceptors (Lipinski definition) is 7. The molecule has 0 saturated carbocycles. The number of anilines is 1. The van der Waals surface area contributed by atoms with E-state index in [-0.39, 0.29) is 11.9 Å². The zero-order valence-electron chi connectivity index (χ0n) is 21.2. The van der Waals surface area contributed by atoms with Gasteiger partial charge in [0.1, 0.15) is 11.3 Å². The molecule has 1 fully saturated rings. The minimum absolute atomic E-state index is 0.00791. The number of aryl methyl sites for hydroxylation is 1. The quantitative estimate of drug-likeness (QED) is 0.332. The molecule has 4 aromatic heterocycles. The van der Waals surface area contributed by atoms with Gasteiger partial charge in [0.25, 0.3) is 0 Å². The SMILES string of the molecule is C=CC(=O)N1CC(N[C@H]2CCc3cc(-n4c(-c5cccnc5N)nc5ccc(-n6cccn6)nc54)ccc32)C1. The van der Waals surface area contributed by atoms with Crippen LogP contribution in [0.3, 0.4) is 0 Å². The Labute approximate surface area is 224 Å². The molecule has 1 aliphatic heterocycles. The van der Waals surface area contributed by atoms with E-state index < -0.39 is 0 Å². The maximum absolute atomic E-state index is 11.8. The van der Waals surface area contributed by atoms with Gasteiger partial charge in [0, 0.05) is 49.5 Å². The van der Waals surface area contributed by atoms with Gasteiger partial charge in [0.05, 0.1) is 5.56 Å². The maximum Gasteiger partial charge on any atom is 0.246 e. The van der Waals surface area contributed by atoms with E-state index in [0.29, 0.717) is 23.5 Å². The summed E-state index contributed by atoms with van der Waals surface area (Å²) in [6, 6.07) is 16.6. The molecule has 0 bridgehead atoms. The number of pyridine rings is 2. The van der Waals surface area contributed by atoms with Gasteiger partial charge < -0.3 is 16.0 Å². The lowest BCUT2D eigenvalue weighted by Gasteiger charge is -2.40. The third-order valence-corrected chi connectivity index (χ3v) is 7.58. The number of aromatic nitrogens is 6. The monoisotopic (exact) mass is 517 g/mol. The van der Waals surface area contributed by atoms with E-state index in [1.54, 1.807) is 17.1 Å². The molecule has 0 unspecified atom stereocenters. The summed E-state index contributed by atoms with van der Waals surface area (Å²) < 4.78 is 3.79. The summed E-state index contributed by atoms with van der Waals surface area (Å²) in [6.45, 7) is 5.02. The van der Waals surface area contributed by atoms with Crippen molar-refractivity contribution in [1.29, 1.82) is 0 Å². The highest BCUT2D eigenvalue weighted by molar-refractivity contribution is 5.87. The molecule has 1 aliphatic carbocycles. The average Bonchev–Trinajstić information content (AvgIpc) is 3.68. The standard InChI is InChI=1S/C29H27N9O/c1-2-26(39)36-16-19(17-36)33-23-9-6-18-15-20(7-8-21(18)23)38-28(22-5-3-12-31-27(22)30)34-24-10-11-25(35-29(24)38)37-14-4-13-32-37/h2-5,7-8,10-15,19,23,33H,1,6,9,16-17H2,(H2,30,31)/t23-/m0/s1. The second kappa shape index (κ2) is 9.17. The van der Waals surface area contributed by atoms with Crippen LogP contribution < -0.4 is 11.1 Å². The first-order valence-corrected chi connectivity index (χ1v) is 13.0. The van der Waals surface area contributed by atoms with Gasteiger partial charge in [0.15, 0.2) is 17.3 Å². The number of fused-ring (bicyclic) bond motifs is 2. The van der Waals surface area contributed by atoms with Crippen LogP contribution in [0.5, 0.6) is 0 Å². The van der Waals surface area contributed by atoms with Crippen molar-refractivity contribution in [3.63, 3.8) is 0 Å². The average molecular weight is 518 g/mol. The molecule has 5 aromatic rings.